The van der Waals surface area contributed by atoms with Crippen molar-refractivity contribution in [1.29, 1.82) is 0 Å². The van der Waals surface area contributed by atoms with Crippen molar-refractivity contribution < 1.29 is 0 Å². The van der Waals surface area contributed by atoms with Crippen molar-refractivity contribution in [2.45, 2.75) is 25.7 Å². The van der Waals surface area contributed by atoms with E-state index in [1.807, 2.05) is 12.3 Å². The molecule has 2 fully saturated rings. The van der Waals surface area contributed by atoms with Crippen LogP contribution in [-0.2, 0) is 0 Å². The highest BCUT2D eigenvalue weighted by atomic mass is 32.1. The number of hydrogen-bond donors (Lipinski definition) is 1. The van der Waals surface area contributed by atoms with Gasteiger partial charge in [-0.05, 0) is 56.8 Å². The molecule has 1 aromatic heterocycles. The Kier molecular flexibility index (Phi) is 4.70. The number of pyridine rings is 1. The Morgan fingerprint density at radius 2 is 1.90 bits per heavy atom. The fourth-order valence-electron chi connectivity index (χ4n) is 3.42. The van der Waals surface area contributed by atoms with E-state index in [2.05, 4.69) is 20.9 Å². The molecule has 114 valence electrons. The molecule has 2 aliphatic rings. The minimum atomic E-state index is 0.367. The van der Waals surface area contributed by atoms with Gasteiger partial charge in [0.2, 0.25) is 0 Å². The van der Waals surface area contributed by atoms with Crippen LogP contribution in [0.1, 0.15) is 31.4 Å². The number of nitrogens with zero attached hydrogens (tertiary/aromatic N) is 3. The van der Waals surface area contributed by atoms with Crippen LogP contribution in [-0.4, -0.2) is 47.6 Å². The van der Waals surface area contributed by atoms with E-state index < -0.39 is 0 Å². The number of likely N-dealkylation sites (tertiary alicyclic amines) is 1. The molecule has 0 radical (unpaired) electrons. The second-order valence-electron chi connectivity index (χ2n) is 6.20. The molecule has 2 N–H and O–H groups in total. The summed E-state index contributed by atoms with van der Waals surface area (Å²) in [5, 5.41) is 0. The zero-order valence-corrected chi connectivity index (χ0v) is 13.3. The van der Waals surface area contributed by atoms with E-state index in [0.717, 1.165) is 19.0 Å². The fraction of sp³-hybridized carbons (Fsp3) is 0.625. The summed E-state index contributed by atoms with van der Waals surface area (Å²) in [6.45, 7) is 6.18. The predicted molar refractivity (Wildman–Crippen MR) is 90.7 cm³/mol. The Hall–Kier alpha value is -1.20. The largest absolute Gasteiger partial charge is 0.388 e. The molecular formula is C16H24N4S. The molecule has 0 unspecified atom stereocenters. The molecule has 0 bridgehead atoms. The van der Waals surface area contributed by atoms with Gasteiger partial charge in [0.15, 0.2) is 0 Å². The van der Waals surface area contributed by atoms with Crippen LogP contribution in [0.3, 0.4) is 0 Å². The Morgan fingerprint density at radius 1 is 1.19 bits per heavy atom. The number of rotatable bonds is 4. The number of anilines is 1. The first-order valence-electron chi connectivity index (χ1n) is 7.95. The summed E-state index contributed by atoms with van der Waals surface area (Å²) in [6.07, 6.45) is 7.25. The van der Waals surface area contributed by atoms with Gasteiger partial charge in [-0.25, -0.2) is 0 Å². The van der Waals surface area contributed by atoms with Crippen molar-refractivity contribution in [2.75, 3.05) is 37.6 Å². The van der Waals surface area contributed by atoms with E-state index in [4.69, 9.17) is 18.0 Å². The summed E-state index contributed by atoms with van der Waals surface area (Å²) in [4.78, 5) is 9.77. The Bertz CT molecular complexity index is 474. The first-order chi connectivity index (χ1) is 10.2. The highest BCUT2D eigenvalue weighted by Crippen LogP contribution is 2.24. The number of aromatic nitrogens is 1. The highest BCUT2D eigenvalue weighted by Gasteiger charge is 2.23. The lowest BCUT2D eigenvalue weighted by Crippen LogP contribution is -2.38. The van der Waals surface area contributed by atoms with E-state index in [9.17, 15) is 0 Å². The van der Waals surface area contributed by atoms with Gasteiger partial charge in [-0.3, -0.25) is 4.98 Å². The van der Waals surface area contributed by atoms with Gasteiger partial charge in [-0.15, -0.1) is 0 Å². The maximum atomic E-state index is 5.59. The topological polar surface area (TPSA) is 45.4 Å². The number of piperidine rings is 1. The molecule has 5 heteroatoms. The first-order valence-corrected chi connectivity index (χ1v) is 8.36. The third kappa shape index (κ3) is 3.71. The lowest BCUT2D eigenvalue weighted by molar-refractivity contribution is 0.249. The lowest BCUT2D eigenvalue weighted by Gasteiger charge is -2.35. The Balaban J connectivity index is 1.51. The summed E-state index contributed by atoms with van der Waals surface area (Å²) in [7, 11) is 0. The monoisotopic (exact) mass is 304 g/mol. The SMILES string of the molecule is NC(=S)c1ccc(N2CCC(CN3CCCC3)CC2)cn1. The summed E-state index contributed by atoms with van der Waals surface area (Å²) in [5.41, 5.74) is 7.48. The average Bonchev–Trinajstić information content (AvgIpc) is 3.01. The van der Waals surface area contributed by atoms with Gasteiger partial charge in [-0.2, -0.15) is 0 Å². The third-order valence-electron chi connectivity index (χ3n) is 4.70. The molecule has 2 aliphatic heterocycles. The molecule has 1 aromatic rings. The van der Waals surface area contributed by atoms with E-state index in [0.29, 0.717) is 10.7 Å². The van der Waals surface area contributed by atoms with E-state index in [1.54, 1.807) is 0 Å². The second-order valence-corrected chi connectivity index (χ2v) is 6.64. The predicted octanol–water partition coefficient (Wildman–Crippen LogP) is 2.03. The van der Waals surface area contributed by atoms with E-state index >= 15 is 0 Å². The summed E-state index contributed by atoms with van der Waals surface area (Å²) < 4.78 is 0. The van der Waals surface area contributed by atoms with Crippen LogP contribution in [0.4, 0.5) is 5.69 Å². The van der Waals surface area contributed by atoms with Gasteiger partial charge in [0.25, 0.3) is 0 Å². The second kappa shape index (κ2) is 6.71. The van der Waals surface area contributed by atoms with Crippen LogP contribution in [0.2, 0.25) is 0 Å². The molecule has 3 heterocycles. The number of thiocarbonyl (C=S) groups is 1. The summed E-state index contributed by atoms with van der Waals surface area (Å²) >= 11 is 4.94. The zero-order chi connectivity index (χ0) is 14.7. The zero-order valence-electron chi connectivity index (χ0n) is 12.5. The quantitative estimate of drug-likeness (QED) is 0.862. The van der Waals surface area contributed by atoms with Crippen LogP contribution in [0.15, 0.2) is 18.3 Å². The van der Waals surface area contributed by atoms with Gasteiger partial charge >= 0.3 is 0 Å². The van der Waals surface area contributed by atoms with Crippen molar-refractivity contribution in [2.24, 2.45) is 11.7 Å². The minimum Gasteiger partial charge on any atom is -0.388 e. The minimum absolute atomic E-state index is 0.367. The van der Waals surface area contributed by atoms with Gasteiger partial charge in [0, 0.05) is 19.6 Å². The van der Waals surface area contributed by atoms with Crippen molar-refractivity contribution in [3.8, 4) is 0 Å². The molecule has 0 aromatic carbocycles. The smallest absolute Gasteiger partial charge is 0.122 e. The molecular weight excluding hydrogens is 280 g/mol. The van der Waals surface area contributed by atoms with Gasteiger partial charge in [0.05, 0.1) is 17.6 Å². The molecule has 0 aliphatic carbocycles. The lowest BCUT2D eigenvalue weighted by atomic mass is 9.96. The Morgan fingerprint density at radius 3 is 2.48 bits per heavy atom. The van der Waals surface area contributed by atoms with Gasteiger partial charge in [-0.1, -0.05) is 12.2 Å². The highest BCUT2D eigenvalue weighted by molar-refractivity contribution is 7.80. The standard InChI is InChI=1S/C16H24N4S/c17-16(21)15-4-3-14(11-18-15)20-9-5-13(6-10-20)12-19-7-1-2-8-19/h3-4,11,13H,1-2,5-10,12H2,(H2,17,21). The molecule has 0 spiro atoms. The van der Waals surface area contributed by atoms with Crippen LogP contribution in [0, 0.1) is 5.92 Å². The van der Waals surface area contributed by atoms with Crippen molar-refractivity contribution >= 4 is 22.9 Å². The van der Waals surface area contributed by atoms with Gasteiger partial charge < -0.3 is 15.5 Å². The molecule has 0 amide bonds. The molecule has 21 heavy (non-hydrogen) atoms. The molecule has 3 rings (SSSR count). The van der Waals surface area contributed by atoms with Crippen molar-refractivity contribution in [1.82, 2.24) is 9.88 Å². The number of nitrogens with two attached hydrogens (primary N) is 1. The van der Waals surface area contributed by atoms with Crippen LogP contribution < -0.4 is 10.6 Å². The van der Waals surface area contributed by atoms with Crippen LogP contribution in [0.5, 0.6) is 0 Å². The van der Waals surface area contributed by atoms with Crippen LogP contribution >= 0.6 is 12.2 Å². The fourth-order valence-corrected chi connectivity index (χ4v) is 3.54. The molecule has 0 atom stereocenters. The average molecular weight is 304 g/mol. The maximum Gasteiger partial charge on any atom is 0.122 e. The van der Waals surface area contributed by atoms with Crippen molar-refractivity contribution in [3.05, 3.63) is 24.0 Å². The van der Waals surface area contributed by atoms with E-state index in [-0.39, 0.29) is 0 Å². The Labute approximate surface area is 132 Å². The third-order valence-corrected chi connectivity index (χ3v) is 4.90. The van der Waals surface area contributed by atoms with Crippen LogP contribution in [0.25, 0.3) is 0 Å². The number of hydrogen-bond acceptors (Lipinski definition) is 4. The normalized spacial score (nSPS) is 20.9. The summed E-state index contributed by atoms with van der Waals surface area (Å²) in [6, 6.07) is 4.01. The molecule has 2 saturated heterocycles. The van der Waals surface area contributed by atoms with Crippen molar-refractivity contribution in [3.63, 3.8) is 0 Å². The summed E-state index contributed by atoms with van der Waals surface area (Å²) in [5.74, 6) is 0.864. The van der Waals surface area contributed by atoms with E-state index in [1.165, 1.54) is 51.0 Å². The molecule has 4 nitrogen and oxygen atoms in total. The van der Waals surface area contributed by atoms with Gasteiger partial charge in [0.1, 0.15) is 4.99 Å². The first kappa shape index (κ1) is 14.7. The maximum absolute atomic E-state index is 5.59. The molecule has 0 saturated carbocycles.